The SMILES string of the molecule is CCCCCCCCCCCC[N+](CC)(CC)CC.P. The molecule has 1 atom stereocenters. The summed E-state index contributed by atoms with van der Waals surface area (Å²) in [4.78, 5) is 0. The first-order valence-electron chi connectivity index (χ1n) is 9.09. The van der Waals surface area contributed by atoms with Crippen LogP contribution in [0.25, 0.3) is 0 Å². The van der Waals surface area contributed by atoms with Gasteiger partial charge in [0.05, 0.1) is 26.2 Å². The van der Waals surface area contributed by atoms with Crippen molar-refractivity contribution in [3.05, 3.63) is 0 Å². The summed E-state index contributed by atoms with van der Waals surface area (Å²) in [7, 11) is 0. The van der Waals surface area contributed by atoms with Crippen molar-refractivity contribution in [2.75, 3.05) is 26.2 Å². The van der Waals surface area contributed by atoms with Gasteiger partial charge in [-0.3, -0.25) is 0 Å². The second-order valence-electron chi connectivity index (χ2n) is 6.20. The van der Waals surface area contributed by atoms with Crippen molar-refractivity contribution in [2.45, 2.75) is 91.9 Å². The quantitative estimate of drug-likeness (QED) is 0.215. The lowest BCUT2D eigenvalue weighted by molar-refractivity contribution is -0.923. The van der Waals surface area contributed by atoms with Crippen LogP contribution < -0.4 is 0 Å². The molecule has 1 nitrogen and oxygen atoms in total. The van der Waals surface area contributed by atoms with Gasteiger partial charge in [0.1, 0.15) is 0 Å². The fourth-order valence-corrected chi connectivity index (χ4v) is 3.08. The lowest BCUT2D eigenvalue weighted by Gasteiger charge is -2.35. The number of hydrogen-bond acceptors (Lipinski definition) is 0. The molecule has 0 rings (SSSR count). The highest BCUT2D eigenvalue weighted by molar-refractivity contribution is 6.92. The summed E-state index contributed by atoms with van der Waals surface area (Å²) in [5, 5.41) is 0. The summed E-state index contributed by atoms with van der Waals surface area (Å²) >= 11 is 0. The molecule has 0 aromatic rings. The molecule has 124 valence electrons. The number of hydrogen-bond donors (Lipinski definition) is 0. The van der Waals surface area contributed by atoms with E-state index in [1.54, 1.807) is 0 Å². The van der Waals surface area contributed by atoms with Gasteiger partial charge in [-0.05, 0) is 33.6 Å². The van der Waals surface area contributed by atoms with Gasteiger partial charge >= 0.3 is 0 Å². The molecular formula is C18H43NP+. The van der Waals surface area contributed by atoms with Crippen LogP contribution in [0.3, 0.4) is 0 Å². The standard InChI is InChI=1S/C18H40N.H3P/c1-5-9-10-11-12-13-14-15-16-17-18-19(6-2,7-3)8-4;/h5-18H2,1-4H3;1H3/q+1;. The Morgan fingerprint density at radius 1 is 0.500 bits per heavy atom. The zero-order valence-corrected chi connectivity index (χ0v) is 16.5. The number of quaternary nitrogens is 1. The predicted molar refractivity (Wildman–Crippen MR) is 99.7 cm³/mol. The van der Waals surface area contributed by atoms with Gasteiger partial charge in [-0.1, -0.05) is 58.3 Å². The van der Waals surface area contributed by atoms with Gasteiger partial charge in [0.25, 0.3) is 0 Å². The maximum atomic E-state index is 2.35. The molecule has 0 N–H and O–H groups in total. The molecule has 0 amide bonds. The lowest BCUT2D eigenvalue weighted by atomic mass is 10.1. The predicted octanol–water partition coefficient (Wildman–Crippen LogP) is 5.84. The van der Waals surface area contributed by atoms with Crippen molar-refractivity contribution >= 4 is 9.90 Å². The van der Waals surface area contributed by atoms with Crippen LogP contribution in [0.1, 0.15) is 91.9 Å². The normalized spacial score (nSPS) is 11.4. The smallest absolute Gasteiger partial charge is 0.0786 e. The molecule has 20 heavy (non-hydrogen) atoms. The number of unbranched alkanes of at least 4 members (excludes halogenated alkanes) is 9. The van der Waals surface area contributed by atoms with Crippen molar-refractivity contribution in [2.24, 2.45) is 0 Å². The van der Waals surface area contributed by atoms with Gasteiger partial charge in [0.15, 0.2) is 0 Å². The summed E-state index contributed by atoms with van der Waals surface area (Å²) < 4.78 is 1.33. The third-order valence-electron chi connectivity index (χ3n) is 5.00. The third kappa shape index (κ3) is 11.1. The zero-order chi connectivity index (χ0) is 14.4. The Morgan fingerprint density at radius 2 is 0.850 bits per heavy atom. The first kappa shape index (κ1) is 22.7. The summed E-state index contributed by atoms with van der Waals surface area (Å²) in [6.07, 6.45) is 14.5. The Morgan fingerprint density at radius 3 is 1.20 bits per heavy atom. The molecule has 0 bridgehead atoms. The minimum absolute atomic E-state index is 0. The summed E-state index contributed by atoms with van der Waals surface area (Å²) in [5.74, 6) is 0. The van der Waals surface area contributed by atoms with E-state index in [2.05, 4.69) is 27.7 Å². The molecular weight excluding hydrogens is 261 g/mol. The topological polar surface area (TPSA) is 0 Å². The summed E-state index contributed by atoms with van der Waals surface area (Å²) in [5.41, 5.74) is 0. The van der Waals surface area contributed by atoms with Crippen molar-refractivity contribution < 1.29 is 4.48 Å². The molecule has 0 fully saturated rings. The van der Waals surface area contributed by atoms with E-state index < -0.39 is 0 Å². The van der Waals surface area contributed by atoms with E-state index in [1.165, 1.54) is 94.9 Å². The highest BCUT2D eigenvalue weighted by Crippen LogP contribution is 2.13. The van der Waals surface area contributed by atoms with Crippen molar-refractivity contribution in [3.8, 4) is 0 Å². The van der Waals surface area contributed by atoms with E-state index in [1.807, 2.05) is 0 Å². The molecule has 1 unspecified atom stereocenters. The van der Waals surface area contributed by atoms with Gasteiger partial charge in [-0.15, -0.1) is 0 Å². The van der Waals surface area contributed by atoms with Gasteiger partial charge < -0.3 is 4.48 Å². The fourth-order valence-electron chi connectivity index (χ4n) is 3.08. The first-order valence-corrected chi connectivity index (χ1v) is 9.09. The minimum atomic E-state index is 0. The van der Waals surface area contributed by atoms with Gasteiger partial charge in [-0.25, -0.2) is 0 Å². The lowest BCUT2D eigenvalue weighted by Crippen LogP contribution is -2.48. The Kier molecular flexibility index (Phi) is 17.9. The van der Waals surface area contributed by atoms with E-state index >= 15 is 0 Å². The van der Waals surface area contributed by atoms with Crippen LogP contribution in [0.15, 0.2) is 0 Å². The molecule has 0 aliphatic heterocycles. The van der Waals surface area contributed by atoms with Crippen LogP contribution in [-0.4, -0.2) is 30.7 Å². The van der Waals surface area contributed by atoms with E-state index in [4.69, 9.17) is 0 Å². The first-order chi connectivity index (χ1) is 9.24. The molecule has 0 saturated heterocycles. The van der Waals surface area contributed by atoms with E-state index in [-0.39, 0.29) is 9.90 Å². The summed E-state index contributed by atoms with van der Waals surface area (Å²) in [6.45, 7) is 14.7. The number of nitrogens with zero attached hydrogens (tertiary/aromatic N) is 1. The van der Waals surface area contributed by atoms with Crippen LogP contribution in [-0.2, 0) is 0 Å². The molecule has 0 spiro atoms. The monoisotopic (exact) mass is 304 g/mol. The second-order valence-corrected chi connectivity index (χ2v) is 6.20. The molecule has 0 aromatic heterocycles. The maximum absolute atomic E-state index is 2.35. The number of rotatable bonds is 14. The average Bonchev–Trinajstić information content (AvgIpc) is 2.46. The molecule has 0 aliphatic carbocycles. The van der Waals surface area contributed by atoms with E-state index in [9.17, 15) is 0 Å². The second kappa shape index (κ2) is 15.8. The fraction of sp³-hybridized carbons (Fsp3) is 1.00. The van der Waals surface area contributed by atoms with Crippen LogP contribution in [0, 0.1) is 0 Å². The van der Waals surface area contributed by atoms with Crippen molar-refractivity contribution in [3.63, 3.8) is 0 Å². The zero-order valence-electron chi connectivity index (χ0n) is 15.1. The Hall–Kier alpha value is 0.390. The Bertz CT molecular complexity index is 170. The Balaban J connectivity index is 0. The van der Waals surface area contributed by atoms with Crippen LogP contribution in [0.2, 0.25) is 0 Å². The van der Waals surface area contributed by atoms with E-state index in [0.717, 1.165) is 0 Å². The average molecular weight is 305 g/mol. The van der Waals surface area contributed by atoms with Gasteiger partial charge in [-0.2, -0.15) is 9.90 Å². The molecule has 0 aliphatic rings. The van der Waals surface area contributed by atoms with Crippen molar-refractivity contribution in [1.82, 2.24) is 0 Å². The van der Waals surface area contributed by atoms with Crippen LogP contribution in [0.5, 0.6) is 0 Å². The molecule has 2 heteroatoms. The minimum Gasteiger partial charge on any atom is -0.324 e. The largest absolute Gasteiger partial charge is 0.324 e. The molecule has 0 saturated carbocycles. The third-order valence-corrected chi connectivity index (χ3v) is 5.00. The highest BCUT2D eigenvalue weighted by atomic mass is 31.0. The molecule has 0 heterocycles. The van der Waals surface area contributed by atoms with Crippen LogP contribution >= 0.6 is 9.90 Å². The Labute approximate surface area is 133 Å². The van der Waals surface area contributed by atoms with Gasteiger partial charge in [0, 0.05) is 0 Å². The highest BCUT2D eigenvalue weighted by Gasteiger charge is 2.19. The molecule has 0 radical (unpaired) electrons. The van der Waals surface area contributed by atoms with E-state index in [0.29, 0.717) is 0 Å². The summed E-state index contributed by atoms with van der Waals surface area (Å²) in [6, 6.07) is 0. The van der Waals surface area contributed by atoms with Gasteiger partial charge in [0.2, 0.25) is 0 Å². The van der Waals surface area contributed by atoms with Crippen molar-refractivity contribution in [1.29, 1.82) is 0 Å². The van der Waals surface area contributed by atoms with Crippen LogP contribution in [0.4, 0.5) is 0 Å². The maximum Gasteiger partial charge on any atom is 0.0786 e. The molecule has 0 aromatic carbocycles.